The average Bonchev–Trinajstić information content (AvgIpc) is 2.30. The van der Waals surface area contributed by atoms with Crippen molar-refractivity contribution < 1.29 is 13.6 Å². The molecule has 0 radical (unpaired) electrons. The van der Waals surface area contributed by atoms with Gasteiger partial charge in [0.15, 0.2) is 0 Å². The Labute approximate surface area is 116 Å². The molecule has 1 N–H and O–H groups in total. The van der Waals surface area contributed by atoms with E-state index in [0.717, 1.165) is 12.1 Å². The number of rotatable bonds is 2. The first kappa shape index (κ1) is 13.6. The smallest absolute Gasteiger partial charge is 0.261 e. The fourth-order valence-electron chi connectivity index (χ4n) is 1.56. The number of halogens is 3. The Morgan fingerprint density at radius 3 is 2.53 bits per heavy atom. The molecule has 0 aliphatic carbocycles. The maximum absolute atomic E-state index is 13.6. The Morgan fingerprint density at radius 2 is 1.95 bits per heavy atom. The summed E-state index contributed by atoms with van der Waals surface area (Å²) in [6, 6.07) is 3.64. The molecule has 0 aliphatic rings. The van der Waals surface area contributed by atoms with Crippen LogP contribution in [0.25, 0.3) is 0 Å². The maximum atomic E-state index is 13.6. The maximum Gasteiger partial charge on any atom is 0.261 e. The lowest BCUT2D eigenvalue weighted by molar-refractivity contribution is 0.101. The first-order valence-corrected chi connectivity index (χ1v) is 6.15. The molecule has 0 atom stereocenters. The van der Waals surface area contributed by atoms with Crippen molar-refractivity contribution >= 4 is 27.5 Å². The minimum atomic E-state index is -0.920. The van der Waals surface area contributed by atoms with Gasteiger partial charge in [0.25, 0.3) is 5.91 Å². The lowest BCUT2D eigenvalue weighted by atomic mass is 10.1. The van der Waals surface area contributed by atoms with Crippen molar-refractivity contribution in [3.05, 3.63) is 57.8 Å². The second-order valence-corrected chi connectivity index (χ2v) is 4.80. The summed E-state index contributed by atoms with van der Waals surface area (Å²) in [4.78, 5) is 15.8. The number of amides is 1. The summed E-state index contributed by atoms with van der Waals surface area (Å²) in [7, 11) is 0. The van der Waals surface area contributed by atoms with E-state index in [4.69, 9.17) is 0 Å². The van der Waals surface area contributed by atoms with E-state index < -0.39 is 23.1 Å². The van der Waals surface area contributed by atoms with Crippen LogP contribution < -0.4 is 5.32 Å². The number of hydrogen-bond acceptors (Lipinski definition) is 2. The van der Waals surface area contributed by atoms with Crippen molar-refractivity contribution in [3.63, 3.8) is 0 Å². The quantitative estimate of drug-likeness (QED) is 0.914. The number of carbonyl (C=O) groups excluding carboxylic acids is 1. The molecule has 3 nitrogen and oxygen atoms in total. The Bertz CT molecular complexity index is 623. The standard InChI is InChI=1S/C13H9BrF2N2O/c1-7-6-17-3-2-11(7)18-13(19)12-9(15)4-8(14)5-10(12)16/h2-6H,1H3,(H,17,18,19). The van der Waals surface area contributed by atoms with Crippen LogP contribution in [-0.2, 0) is 0 Å². The molecule has 0 fully saturated rings. The van der Waals surface area contributed by atoms with Crippen molar-refractivity contribution in [2.45, 2.75) is 6.92 Å². The van der Waals surface area contributed by atoms with E-state index in [1.807, 2.05) is 0 Å². The summed E-state index contributed by atoms with van der Waals surface area (Å²) in [6.45, 7) is 1.73. The van der Waals surface area contributed by atoms with Gasteiger partial charge in [-0.05, 0) is 30.7 Å². The van der Waals surface area contributed by atoms with E-state index in [1.165, 1.54) is 6.20 Å². The number of aryl methyl sites for hydroxylation is 1. The van der Waals surface area contributed by atoms with Crippen LogP contribution in [0.2, 0.25) is 0 Å². The number of anilines is 1. The molecule has 1 aromatic heterocycles. The highest BCUT2D eigenvalue weighted by molar-refractivity contribution is 9.10. The van der Waals surface area contributed by atoms with Gasteiger partial charge in [-0.15, -0.1) is 0 Å². The van der Waals surface area contributed by atoms with Gasteiger partial charge in [-0.25, -0.2) is 8.78 Å². The van der Waals surface area contributed by atoms with Crippen molar-refractivity contribution in [1.82, 2.24) is 4.98 Å². The Hall–Kier alpha value is -1.82. The third-order valence-corrected chi connectivity index (χ3v) is 2.96. The summed E-state index contributed by atoms with van der Waals surface area (Å²) in [6.07, 6.45) is 3.03. The van der Waals surface area contributed by atoms with Crippen molar-refractivity contribution in [1.29, 1.82) is 0 Å². The molecule has 1 amide bonds. The van der Waals surface area contributed by atoms with Crippen molar-refractivity contribution in [2.75, 3.05) is 5.32 Å². The highest BCUT2D eigenvalue weighted by Gasteiger charge is 2.18. The molecule has 1 heterocycles. The topological polar surface area (TPSA) is 42.0 Å². The van der Waals surface area contributed by atoms with E-state index >= 15 is 0 Å². The van der Waals surface area contributed by atoms with Crippen LogP contribution in [0.5, 0.6) is 0 Å². The fourth-order valence-corrected chi connectivity index (χ4v) is 1.96. The lowest BCUT2D eigenvalue weighted by Gasteiger charge is -2.09. The molecule has 0 aliphatic heterocycles. The highest BCUT2D eigenvalue weighted by Crippen LogP contribution is 2.21. The summed E-state index contributed by atoms with van der Waals surface area (Å²) in [5.74, 6) is -2.68. The molecule has 2 aromatic rings. The number of aromatic nitrogens is 1. The molecule has 0 bridgehead atoms. The van der Waals surface area contributed by atoms with Crippen LogP contribution >= 0.6 is 15.9 Å². The number of pyridine rings is 1. The third-order valence-electron chi connectivity index (χ3n) is 2.50. The monoisotopic (exact) mass is 326 g/mol. The van der Waals surface area contributed by atoms with Crippen molar-refractivity contribution in [3.8, 4) is 0 Å². The van der Waals surface area contributed by atoms with Gasteiger partial charge in [0.1, 0.15) is 17.2 Å². The number of nitrogens with one attached hydrogen (secondary N) is 1. The first-order chi connectivity index (χ1) is 8.99. The second-order valence-electron chi connectivity index (χ2n) is 3.89. The van der Waals surface area contributed by atoms with Crippen LogP contribution in [0.1, 0.15) is 15.9 Å². The van der Waals surface area contributed by atoms with Gasteiger partial charge in [0.2, 0.25) is 0 Å². The molecule has 0 unspecified atom stereocenters. The average molecular weight is 327 g/mol. The Kier molecular flexibility index (Phi) is 3.90. The fraction of sp³-hybridized carbons (Fsp3) is 0.0769. The predicted molar refractivity (Wildman–Crippen MR) is 71.0 cm³/mol. The molecule has 98 valence electrons. The van der Waals surface area contributed by atoms with Crippen LogP contribution in [0, 0.1) is 18.6 Å². The zero-order valence-corrected chi connectivity index (χ0v) is 11.5. The normalized spacial score (nSPS) is 10.3. The van der Waals surface area contributed by atoms with Crippen LogP contribution in [0.4, 0.5) is 14.5 Å². The summed E-state index contributed by atoms with van der Waals surface area (Å²) in [5.41, 5.74) is 0.551. The van der Waals surface area contributed by atoms with E-state index in [9.17, 15) is 13.6 Å². The zero-order chi connectivity index (χ0) is 14.0. The van der Waals surface area contributed by atoms with Crippen LogP contribution in [0.3, 0.4) is 0 Å². The first-order valence-electron chi connectivity index (χ1n) is 5.35. The van der Waals surface area contributed by atoms with E-state index in [1.54, 1.807) is 19.2 Å². The number of carbonyl (C=O) groups is 1. The van der Waals surface area contributed by atoms with Crippen LogP contribution in [-0.4, -0.2) is 10.9 Å². The van der Waals surface area contributed by atoms with E-state index in [-0.39, 0.29) is 4.47 Å². The number of nitrogens with zero attached hydrogens (tertiary/aromatic N) is 1. The molecular formula is C13H9BrF2N2O. The van der Waals surface area contributed by atoms with Crippen LogP contribution in [0.15, 0.2) is 35.1 Å². The van der Waals surface area contributed by atoms with Gasteiger partial charge >= 0.3 is 0 Å². The third kappa shape index (κ3) is 2.96. The molecule has 0 saturated carbocycles. The summed E-state index contributed by atoms with van der Waals surface area (Å²) < 4.78 is 27.5. The number of benzene rings is 1. The summed E-state index contributed by atoms with van der Waals surface area (Å²) >= 11 is 2.95. The van der Waals surface area contributed by atoms with E-state index in [2.05, 4.69) is 26.2 Å². The van der Waals surface area contributed by atoms with Gasteiger partial charge in [0.05, 0.1) is 0 Å². The lowest BCUT2D eigenvalue weighted by Crippen LogP contribution is -2.16. The predicted octanol–water partition coefficient (Wildman–Crippen LogP) is 3.68. The van der Waals surface area contributed by atoms with Gasteiger partial charge in [0, 0.05) is 22.6 Å². The zero-order valence-electron chi connectivity index (χ0n) is 9.88. The van der Waals surface area contributed by atoms with Gasteiger partial charge in [-0.1, -0.05) is 15.9 Å². The van der Waals surface area contributed by atoms with Crippen molar-refractivity contribution in [2.24, 2.45) is 0 Å². The Morgan fingerprint density at radius 1 is 1.32 bits per heavy atom. The van der Waals surface area contributed by atoms with Gasteiger partial charge in [-0.2, -0.15) is 0 Å². The molecule has 1 aromatic carbocycles. The molecule has 19 heavy (non-hydrogen) atoms. The summed E-state index contributed by atoms with van der Waals surface area (Å²) in [5, 5.41) is 2.45. The SMILES string of the molecule is Cc1cnccc1NC(=O)c1c(F)cc(Br)cc1F. The van der Waals surface area contributed by atoms with Gasteiger partial charge in [-0.3, -0.25) is 9.78 Å². The Balaban J connectivity index is 2.34. The minimum Gasteiger partial charge on any atom is -0.321 e. The second kappa shape index (κ2) is 5.44. The molecular weight excluding hydrogens is 318 g/mol. The minimum absolute atomic E-state index is 0.235. The highest BCUT2D eigenvalue weighted by atomic mass is 79.9. The molecule has 0 saturated heterocycles. The molecule has 0 spiro atoms. The number of hydrogen-bond donors (Lipinski definition) is 1. The van der Waals surface area contributed by atoms with E-state index in [0.29, 0.717) is 11.3 Å². The largest absolute Gasteiger partial charge is 0.321 e. The van der Waals surface area contributed by atoms with Gasteiger partial charge < -0.3 is 5.32 Å². The molecule has 6 heteroatoms. The molecule has 2 rings (SSSR count).